The van der Waals surface area contributed by atoms with E-state index in [0.717, 1.165) is 49.5 Å². The van der Waals surface area contributed by atoms with Crippen molar-refractivity contribution < 1.29 is 4.79 Å². The quantitative estimate of drug-likeness (QED) is 0.901. The Morgan fingerprint density at radius 3 is 2.15 bits per heavy atom. The molecule has 0 spiro atoms. The molecule has 1 aromatic carbocycles. The van der Waals surface area contributed by atoms with Gasteiger partial charge in [0.1, 0.15) is 0 Å². The van der Waals surface area contributed by atoms with Crippen molar-refractivity contribution in [3.8, 4) is 0 Å². The number of likely N-dealkylation sites (N-methyl/N-ethyl adjacent to an activating group) is 1. The number of hydrogen-bond donors (Lipinski definition) is 1. The second-order valence-corrected chi connectivity index (χ2v) is 5.63. The van der Waals surface area contributed by atoms with Crippen molar-refractivity contribution in [1.29, 1.82) is 0 Å². The molecule has 4 nitrogen and oxygen atoms in total. The van der Waals surface area contributed by atoms with Crippen molar-refractivity contribution in [3.63, 3.8) is 0 Å². The second kappa shape index (κ2) is 6.27. The molecule has 1 saturated heterocycles. The predicted molar refractivity (Wildman–Crippen MR) is 83.4 cm³/mol. The molecule has 0 unspecified atom stereocenters. The Morgan fingerprint density at radius 2 is 1.65 bits per heavy atom. The standard InChI is InChI=1S/C16H25N3O/c1-5-18-6-8-19(9-7-18)16(20)17-15-13(3)10-12(2)11-14(15)4/h10-11H,5-9H2,1-4H3,(H,17,20). The number of nitrogens with one attached hydrogen (secondary N) is 1. The summed E-state index contributed by atoms with van der Waals surface area (Å²) in [6, 6.07) is 4.24. The van der Waals surface area contributed by atoms with Gasteiger partial charge in [0.2, 0.25) is 0 Å². The van der Waals surface area contributed by atoms with E-state index >= 15 is 0 Å². The van der Waals surface area contributed by atoms with Crippen LogP contribution in [0.15, 0.2) is 12.1 Å². The van der Waals surface area contributed by atoms with Crippen LogP contribution in [0.4, 0.5) is 10.5 Å². The first-order valence-corrected chi connectivity index (χ1v) is 7.37. The summed E-state index contributed by atoms with van der Waals surface area (Å²) in [6.45, 7) is 12.9. The average molecular weight is 275 g/mol. The number of rotatable bonds is 2. The Hall–Kier alpha value is -1.55. The summed E-state index contributed by atoms with van der Waals surface area (Å²) >= 11 is 0. The van der Waals surface area contributed by atoms with Gasteiger partial charge in [-0.3, -0.25) is 0 Å². The normalized spacial score (nSPS) is 16.3. The van der Waals surface area contributed by atoms with E-state index in [2.05, 4.69) is 36.2 Å². The Kier molecular flexibility index (Phi) is 4.65. The lowest BCUT2D eigenvalue weighted by atomic mass is 10.1. The number of nitrogens with zero attached hydrogens (tertiary/aromatic N) is 2. The van der Waals surface area contributed by atoms with E-state index in [1.54, 1.807) is 0 Å². The summed E-state index contributed by atoms with van der Waals surface area (Å²) in [7, 11) is 0. The molecular weight excluding hydrogens is 250 g/mol. The van der Waals surface area contributed by atoms with E-state index in [1.165, 1.54) is 5.56 Å². The van der Waals surface area contributed by atoms with E-state index in [9.17, 15) is 4.79 Å². The summed E-state index contributed by atoms with van der Waals surface area (Å²) < 4.78 is 0. The van der Waals surface area contributed by atoms with E-state index in [0.29, 0.717) is 0 Å². The minimum atomic E-state index is 0.0239. The molecule has 1 fully saturated rings. The lowest BCUT2D eigenvalue weighted by Gasteiger charge is -2.34. The molecule has 2 amide bonds. The number of carbonyl (C=O) groups excluding carboxylic acids is 1. The summed E-state index contributed by atoms with van der Waals surface area (Å²) in [5.41, 5.74) is 4.44. The lowest BCUT2D eigenvalue weighted by molar-refractivity contribution is 0.151. The molecule has 1 aliphatic heterocycles. The van der Waals surface area contributed by atoms with Crippen LogP contribution in [0.25, 0.3) is 0 Å². The molecule has 1 heterocycles. The highest BCUT2D eigenvalue weighted by atomic mass is 16.2. The first kappa shape index (κ1) is 14.9. The molecule has 110 valence electrons. The molecule has 0 radical (unpaired) electrons. The molecule has 0 aliphatic carbocycles. The van der Waals surface area contributed by atoms with Gasteiger partial charge in [-0.05, 0) is 38.4 Å². The first-order valence-electron chi connectivity index (χ1n) is 7.37. The Morgan fingerprint density at radius 1 is 1.10 bits per heavy atom. The van der Waals surface area contributed by atoms with Crippen LogP contribution >= 0.6 is 0 Å². The number of anilines is 1. The number of urea groups is 1. The molecule has 0 atom stereocenters. The third-order valence-electron chi connectivity index (χ3n) is 4.02. The predicted octanol–water partition coefficient (Wildman–Crippen LogP) is 2.78. The zero-order valence-corrected chi connectivity index (χ0v) is 13.0. The molecule has 2 rings (SSSR count). The third kappa shape index (κ3) is 3.31. The molecule has 1 aromatic rings. The van der Waals surface area contributed by atoms with Crippen LogP contribution in [0.1, 0.15) is 23.6 Å². The summed E-state index contributed by atoms with van der Waals surface area (Å²) in [5.74, 6) is 0. The summed E-state index contributed by atoms with van der Waals surface area (Å²) in [4.78, 5) is 16.6. The van der Waals surface area contributed by atoms with Crippen molar-refractivity contribution in [3.05, 3.63) is 28.8 Å². The highest BCUT2D eigenvalue weighted by Gasteiger charge is 2.20. The van der Waals surface area contributed by atoms with Gasteiger partial charge in [-0.15, -0.1) is 0 Å². The first-order chi connectivity index (χ1) is 9.51. The Bertz CT molecular complexity index is 467. The van der Waals surface area contributed by atoms with E-state index < -0.39 is 0 Å². The number of carbonyl (C=O) groups is 1. The smallest absolute Gasteiger partial charge is 0.321 e. The van der Waals surface area contributed by atoms with Crippen LogP contribution in [0, 0.1) is 20.8 Å². The van der Waals surface area contributed by atoms with Gasteiger partial charge in [0.15, 0.2) is 0 Å². The maximum atomic E-state index is 12.3. The van der Waals surface area contributed by atoms with Gasteiger partial charge in [0.05, 0.1) is 0 Å². The fourth-order valence-electron chi connectivity index (χ4n) is 2.83. The summed E-state index contributed by atoms with van der Waals surface area (Å²) in [5, 5.41) is 3.08. The fraction of sp³-hybridized carbons (Fsp3) is 0.562. The maximum absolute atomic E-state index is 12.3. The van der Waals surface area contributed by atoms with Gasteiger partial charge >= 0.3 is 6.03 Å². The molecule has 1 aliphatic rings. The topological polar surface area (TPSA) is 35.6 Å². The van der Waals surface area contributed by atoms with Gasteiger partial charge in [-0.25, -0.2) is 4.79 Å². The van der Waals surface area contributed by atoms with Crippen LogP contribution in [-0.4, -0.2) is 48.6 Å². The number of piperazine rings is 1. The van der Waals surface area contributed by atoms with Crippen LogP contribution in [0.3, 0.4) is 0 Å². The number of aryl methyl sites for hydroxylation is 3. The van der Waals surface area contributed by atoms with E-state index in [1.807, 2.05) is 18.7 Å². The fourth-order valence-corrected chi connectivity index (χ4v) is 2.83. The van der Waals surface area contributed by atoms with Crippen molar-refractivity contribution in [2.75, 3.05) is 38.0 Å². The molecule has 0 aromatic heterocycles. The van der Waals surface area contributed by atoms with Gasteiger partial charge < -0.3 is 15.1 Å². The van der Waals surface area contributed by atoms with Crippen LogP contribution in [0.5, 0.6) is 0 Å². The maximum Gasteiger partial charge on any atom is 0.321 e. The van der Waals surface area contributed by atoms with Crippen molar-refractivity contribution >= 4 is 11.7 Å². The Labute approximate surface area is 121 Å². The lowest BCUT2D eigenvalue weighted by Crippen LogP contribution is -2.49. The Balaban J connectivity index is 2.02. The minimum absolute atomic E-state index is 0.0239. The van der Waals surface area contributed by atoms with Crippen LogP contribution in [0.2, 0.25) is 0 Å². The van der Waals surface area contributed by atoms with Crippen molar-refractivity contribution in [2.45, 2.75) is 27.7 Å². The number of amides is 2. The molecule has 0 bridgehead atoms. The van der Waals surface area contributed by atoms with Gasteiger partial charge in [0.25, 0.3) is 0 Å². The van der Waals surface area contributed by atoms with E-state index in [4.69, 9.17) is 0 Å². The van der Waals surface area contributed by atoms with Gasteiger partial charge in [0, 0.05) is 31.9 Å². The molecular formula is C16H25N3O. The molecule has 1 N–H and O–H groups in total. The number of benzene rings is 1. The molecule has 4 heteroatoms. The largest absolute Gasteiger partial charge is 0.322 e. The van der Waals surface area contributed by atoms with Crippen molar-refractivity contribution in [2.24, 2.45) is 0 Å². The minimum Gasteiger partial charge on any atom is -0.322 e. The van der Waals surface area contributed by atoms with Crippen molar-refractivity contribution in [1.82, 2.24) is 9.80 Å². The zero-order valence-electron chi connectivity index (χ0n) is 13.0. The number of hydrogen-bond acceptors (Lipinski definition) is 2. The monoisotopic (exact) mass is 275 g/mol. The van der Waals surface area contributed by atoms with Crippen LogP contribution in [-0.2, 0) is 0 Å². The second-order valence-electron chi connectivity index (χ2n) is 5.63. The highest BCUT2D eigenvalue weighted by Crippen LogP contribution is 2.22. The summed E-state index contributed by atoms with van der Waals surface area (Å²) in [6.07, 6.45) is 0. The van der Waals surface area contributed by atoms with Gasteiger partial charge in [-0.1, -0.05) is 24.6 Å². The third-order valence-corrected chi connectivity index (χ3v) is 4.02. The molecule has 0 saturated carbocycles. The zero-order chi connectivity index (χ0) is 14.7. The molecule has 20 heavy (non-hydrogen) atoms. The highest BCUT2D eigenvalue weighted by molar-refractivity contribution is 5.91. The van der Waals surface area contributed by atoms with Gasteiger partial charge in [-0.2, -0.15) is 0 Å². The van der Waals surface area contributed by atoms with E-state index in [-0.39, 0.29) is 6.03 Å². The SMILES string of the molecule is CCN1CCN(C(=O)Nc2c(C)cc(C)cc2C)CC1. The average Bonchev–Trinajstić information content (AvgIpc) is 2.42. The van der Waals surface area contributed by atoms with Crippen LogP contribution < -0.4 is 5.32 Å².